The molecular weight excluding hydrogens is 274 g/mol. The van der Waals surface area contributed by atoms with Gasteiger partial charge in [0.1, 0.15) is 0 Å². The van der Waals surface area contributed by atoms with Gasteiger partial charge in [0.05, 0.1) is 0 Å². The maximum Gasteiger partial charge on any atom is 0.320 e. The second-order valence-electron chi connectivity index (χ2n) is 6.02. The molecule has 2 amide bonds. The van der Waals surface area contributed by atoms with Crippen molar-refractivity contribution in [3.05, 3.63) is 35.9 Å². The number of carbonyl (C=O) groups excluding carboxylic acids is 1. The summed E-state index contributed by atoms with van der Waals surface area (Å²) in [7, 11) is 0. The summed E-state index contributed by atoms with van der Waals surface area (Å²) in [5.41, 5.74) is 1.39. The van der Waals surface area contributed by atoms with Crippen LogP contribution < -0.4 is 0 Å². The smallest absolute Gasteiger partial charge is 0.320 e. The SMILES string of the molecule is CCN(CC)C(=O)N1CCN(CCc2ccccc2)C(C)C1. The highest BCUT2D eigenvalue weighted by Crippen LogP contribution is 2.13. The van der Waals surface area contributed by atoms with Gasteiger partial charge in [-0.05, 0) is 32.8 Å². The fraction of sp³-hybridized carbons (Fsp3) is 0.611. The van der Waals surface area contributed by atoms with Crippen LogP contribution in [0.15, 0.2) is 30.3 Å². The van der Waals surface area contributed by atoms with Crippen molar-refractivity contribution in [2.75, 3.05) is 39.3 Å². The van der Waals surface area contributed by atoms with Crippen LogP contribution in [-0.4, -0.2) is 66.0 Å². The molecule has 1 aliphatic heterocycles. The number of urea groups is 1. The molecule has 4 nitrogen and oxygen atoms in total. The van der Waals surface area contributed by atoms with E-state index in [9.17, 15) is 4.79 Å². The molecule has 22 heavy (non-hydrogen) atoms. The first-order chi connectivity index (χ1) is 10.7. The summed E-state index contributed by atoms with van der Waals surface area (Å²) >= 11 is 0. The summed E-state index contributed by atoms with van der Waals surface area (Å²) in [5, 5.41) is 0. The summed E-state index contributed by atoms with van der Waals surface area (Å²) < 4.78 is 0. The van der Waals surface area contributed by atoms with Gasteiger partial charge in [0.2, 0.25) is 0 Å². The van der Waals surface area contributed by atoms with E-state index in [2.05, 4.69) is 42.2 Å². The van der Waals surface area contributed by atoms with Crippen LogP contribution in [0.25, 0.3) is 0 Å². The van der Waals surface area contributed by atoms with Crippen molar-refractivity contribution in [1.29, 1.82) is 0 Å². The second-order valence-corrected chi connectivity index (χ2v) is 6.02. The average molecular weight is 303 g/mol. The van der Waals surface area contributed by atoms with Gasteiger partial charge in [0.25, 0.3) is 0 Å². The Balaban J connectivity index is 1.83. The summed E-state index contributed by atoms with van der Waals surface area (Å²) in [6, 6.07) is 11.2. The molecule has 122 valence electrons. The van der Waals surface area contributed by atoms with E-state index in [1.54, 1.807) is 0 Å². The fourth-order valence-corrected chi connectivity index (χ4v) is 3.11. The van der Waals surface area contributed by atoms with E-state index in [4.69, 9.17) is 0 Å². The Morgan fingerprint density at radius 2 is 1.86 bits per heavy atom. The molecule has 0 saturated carbocycles. The van der Waals surface area contributed by atoms with Gasteiger partial charge in [-0.1, -0.05) is 30.3 Å². The van der Waals surface area contributed by atoms with Gasteiger partial charge in [0.15, 0.2) is 0 Å². The number of carbonyl (C=O) groups is 1. The van der Waals surface area contributed by atoms with E-state index in [1.807, 2.05) is 23.6 Å². The first-order valence-corrected chi connectivity index (χ1v) is 8.47. The molecule has 0 radical (unpaired) electrons. The Morgan fingerprint density at radius 3 is 2.45 bits per heavy atom. The van der Waals surface area contributed by atoms with E-state index in [1.165, 1.54) is 5.56 Å². The minimum atomic E-state index is 0.194. The monoisotopic (exact) mass is 303 g/mol. The molecular formula is C18H29N3O. The summed E-state index contributed by atoms with van der Waals surface area (Å²) in [6.45, 7) is 11.6. The second kappa shape index (κ2) is 8.18. The van der Waals surface area contributed by atoms with Gasteiger partial charge in [-0.15, -0.1) is 0 Å². The third-order valence-corrected chi connectivity index (χ3v) is 4.60. The molecule has 4 heteroatoms. The number of benzene rings is 1. The number of rotatable bonds is 5. The number of hydrogen-bond donors (Lipinski definition) is 0. The van der Waals surface area contributed by atoms with Gasteiger partial charge in [-0.2, -0.15) is 0 Å². The topological polar surface area (TPSA) is 26.8 Å². The Labute approximate surface area is 134 Å². The Morgan fingerprint density at radius 1 is 1.18 bits per heavy atom. The zero-order valence-electron chi connectivity index (χ0n) is 14.2. The Kier molecular flexibility index (Phi) is 6.25. The van der Waals surface area contributed by atoms with Gasteiger partial charge < -0.3 is 9.80 Å². The molecule has 1 aromatic rings. The van der Waals surface area contributed by atoms with E-state index in [-0.39, 0.29) is 6.03 Å². The predicted molar refractivity (Wildman–Crippen MR) is 91.1 cm³/mol. The number of hydrogen-bond acceptors (Lipinski definition) is 2. The van der Waals surface area contributed by atoms with Crippen molar-refractivity contribution in [1.82, 2.24) is 14.7 Å². The highest BCUT2D eigenvalue weighted by molar-refractivity contribution is 5.74. The Bertz CT molecular complexity index is 459. The normalized spacial score (nSPS) is 19.2. The van der Waals surface area contributed by atoms with Crippen LogP contribution in [0.4, 0.5) is 4.79 Å². The molecule has 1 atom stereocenters. The van der Waals surface area contributed by atoms with Crippen LogP contribution in [0.1, 0.15) is 26.3 Å². The van der Waals surface area contributed by atoms with Crippen LogP contribution in [0.5, 0.6) is 0 Å². The van der Waals surface area contributed by atoms with E-state index < -0.39 is 0 Å². The van der Waals surface area contributed by atoms with Gasteiger partial charge in [-0.25, -0.2) is 4.79 Å². The lowest BCUT2D eigenvalue weighted by Crippen LogP contribution is -2.56. The van der Waals surface area contributed by atoms with Crippen molar-refractivity contribution < 1.29 is 4.79 Å². The first kappa shape index (κ1) is 16.8. The van der Waals surface area contributed by atoms with E-state index >= 15 is 0 Å². The molecule has 0 N–H and O–H groups in total. The molecule has 0 aliphatic carbocycles. The molecule has 1 aromatic carbocycles. The first-order valence-electron chi connectivity index (χ1n) is 8.47. The zero-order chi connectivity index (χ0) is 15.9. The summed E-state index contributed by atoms with van der Waals surface area (Å²) in [4.78, 5) is 18.8. The van der Waals surface area contributed by atoms with Gasteiger partial charge in [-0.3, -0.25) is 4.90 Å². The zero-order valence-corrected chi connectivity index (χ0v) is 14.2. The third kappa shape index (κ3) is 4.23. The lowest BCUT2D eigenvalue weighted by atomic mass is 10.1. The number of nitrogens with zero attached hydrogens (tertiary/aromatic N) is 3. The van der Waals surface area contributed by atoms with Crippen molar-refractivity contribution in [3.63, 3.8) is 0 Å². The molecule has 1 heterocycles. The molecule has 0 aromatic heterocycles. The van der Waals surface area contributed by atoms with Crippen LogP contribution in [0, 0.1) is 0 Å². The lowest BCUT2D eigenvalue weighted by molar-refractivity contribution is 0.0833. The quantitative estimate of drug-likeness (QED) is 0.836. The highest BCUT2D eigenvalue weighted by Gasteiger charge is 2.28. The van der Waals surface area contributed by atoms with Gasteiger partial charge >= 0.3 is 6.03 Å². The molecule has 1 aliphatic rings. The van der Waals surface area contributed by atoms with Crippen LogP contribution in [-0.2, 0) is 6.42 Å². The maximum absolute atomic E-state index is 12.4. The highest BCUT2D eigenvalue weighted by atomic mass is 16.2. The third-order valence-electron chi connectivity index (χ3n) is 4.60. The molecule has 1 unspecified atom stereocenters. The summed E-state index contributed by atoms with van der Waals surface area (Å²) in [6.07, 6.45) is 1.08. The van der Waals surface area contributed by atoms with Crippen LogP contribution >= 0.6 is 0 Å². The average Bonchev–Trinajstić information content (AvgIpc) is 2.55. The molecule has 0 spiro atoms. The summed E-state index contributed by atoms with van der Waals surface area (Å²) in [5.74, 6) is 0. The Hall–Kier alpha value is -1.55. The largest absolute Gasteiger partial charge is 0.325 e. The molecule has 2 rings (SSSR count). The fourth-order valence-electron chi connectivity index (χ4n) is 3.11. The molecule has 1 fully saturated rings. The van der Waals surface area contributed by atoms with E-state index in [0.29, 0.717) is 6.04 Å². The number of piperazine rings is 1. The van der Waals surface area contributed by atoms with Crippen molar-refractivity contribution in [3.8, 4) is 0 Å². The van der Waals surface area contributed by atoms with Crippen LogP contribution in [0.2, 0.25) is 0 Å². The van der Waals surface area contributed by atoms with Crippen molar-refractivity contribution in [2.24, 2.45) is 0 Å². The minimum Gasteiger partial charge on any atom is -0.325 e. The molecule has 0 bridgehead atoms. The van der Waals surface area contributed by atoms with Crippen LogP contribution in [0.3, 0.4) is 0 Å². The molecule has 1 saturated heterocycles. The number of amides is 2. The predicted octanol–water partition coefficient (Wildman–Crippen LogP) is 2.70. The maximum atomic E-state index is 12.4. The van der Waals surface area contributed by atoms with Gasteiger partial charge in [0, 0.05) is 45.3 Å². The standard InChI is InChI=1S/C18H29N3O/c1-4-19(5-2)18(22)21-14-13-20(16(3)15-21)12-11-17-9-7-6-8-10-17/h6-10,16H,4-5,11-15H2,1-3H3. The minimum absolute atomic E-state index is 0.194. The van der Waals surface area contributed by atoms with E-state index in [0.717, 1.165) is 45.7 Å². The van der Waals surface area contributed by atoms with Crippen molar-refractivity contribution in [2.45, 2.75) is 33.2 Å². The lowest BCUT2D eigenvalue weighted by Gasteiger charge is -2.41. The van der Waals surface area contributed by atoms with Crippen molar-refractivity contribution >= 4 is 6.03 Å².